The molecule has 2 aromatic carbocycles. The highest BCUT2D eigenvalue weighted by Gasteiger charge is 2.21. The summed E-state index contributed by atoms with van der Waals surface area (Å²) in [7, 11) is 0. The molecule has 2 saturated heterocycles. The molecule has 34 heavy (non-hydrogen) atoms. The van der Waals surface area contributed by atoms with Crippen LogP contribution in [0.1, 0.15) is 34.3 Å². The maximum atomic E-state index is 13.2. The summed E-state index contributed by atoms with van der Waals surface area (Å²) in [6.45, 7) is 10.6. The first kappa shape index (κ1) is 24.0. The molecule has 2 fully saturated rings. The third kappa shape index (κ3) is 6.27. The fourth-order valence-electron chi connectivity index (χ4n) is 4.39. The van der Waals surface area contributed by atoms with Crippen molar-refractivity contribution in [1.82, 2.24) is 10.2 Å². The minimum Gasteiger partial charge on any atom is -0.379 e. The molecular weight excluding hydrogens is 430 g/mol. The highest BCUT2D eigenvalue weighted by atomic mass is 16.5. The van der Waals surface area contributed by atoms with Crippen molar-refractivity contribution in [3.05, 3.63) is 53.1 Å². The van der Waals surface area contributed by atoms with Crippen LogP contribution in [-0.4, -0.2) is 69.3 Å². The number of hydrogen-bond acceptors (Lipinski definition) is 5. The van der Waals surface area contributed by atoms with Gasteiger partial charge in [0.15, 0.2) is 0 Å². The van der Waals surface area contributed by atoms with Crippen molar-refractivity contribution in [2.24, 2.45) is 0 Å². The molecule has 0 bridgehead atoms. The molecule has 3 amide bonds. The summed E-state index contributed by atoms with van der Waals surface area (Å²) in [4.78, 5) is 30.3. The van der Waals surface area contributed by atoms with Crippen LogP contribution in [0.25, 0.3) is 0 Å². The van der Waals surface area contributed by atoms with Crippen molar-refractivity contribution in [3.8, 4) is 0 Å². The monoisotopic (exact) mass is 465 g/mol. The lowest BCUT2D eigenvalue weighted by atomic mass is 10.1. The maximum Gasteiger partial charge on any atom is 0.323 e. The number of aryl methyl sites for hydroxylation is 2. The van der Waals surface area contributed by atoms with Crippen LogP contribution >= 0.6 is 0 Å². The van der Waals surface area contributed by atoms with Crippen molar-refractivity contribution in [2.75, 3.05) is 68.0 Å². The molecule has 4 rings (SSSR count). The molecule has 0 saturated carbocycles. The van der Waals surface area contributed by atoms with Crippen molar-refractivity contribution in [3.63, 3.8) is 0 Å². The minimum absolute atomic E-state index is 0.117. The second-order valence-electron chi connectivity index (χ2n) is 9.01. The fraction of sp³-hybridized carbons (Fsp3) is 0.462. The number of nitrogens with one attached hydrogen (secondary N) is 3. The molecule has 3 N–H and O–H groups in total. The molecule has 2 aliphatic rings. The SMILES string of the molecule is Cc1ccc(NC(=O)Nc2ccc(N3CCCC3)c(C(=O)NCCN3CCOCC3)c2)cc1C. The van der Waals surface area contributed by atoms with Gasteiger partial charge < -0.3 is 25.6 Å². The first-order valence-corrected chi connectivity index (χ1v) is 12.1. The van der Waals surface area contributed by atoms with Gasteiger partial charge in [0.05, 0.1) is 18.8 Å². The van der Waals surface area contributed by atoms with Gasteiger partial charge in [-0.1, -0.05) is 6.07 Å². The van der Waals surface area contributed by atoms with Gasteiger partial charge >= 0.3 is 6.03 Å². The van der Waals surface area contributed by atoms with Gasteiger partial charge in [-0.25, -0.2) is 4.79 Å². The molecule has 8 heteroatoms. The summed E-state index contributed by atoms with van der Waals surface area (Å²) in [6.07, 6.45) is 2.24. The number of nitrogens with zero attached hydrogens (tertiary/aromatic N) is 2. The van der Waals surface area contributed by atoms with Gasteiger partial charge in [0, 0.05) is 56.3 Å². The van der Waals surface area contributed by atoms with Crippen LogP contribution in [0.15, 0.2) is 36.4 Å². The zero-order valence-corrected chi connectivity index (χ0v) is 20.2. The molecule has 182 valence electrons. The molecule has 2 aromatic rings. The Bertz CT molecular complexity index is 1010. The van der Waals surface area contributed by atoms with Crippen LogP contribution in [0.4, 0.5) is 21.9 Å². The number of ether oxygens (including phenoxy) is 1. The number of morpholine rings is 1. The van der Waals surface area contributed by atoms with E-state index in [0.29, 0.717) is 17.8 Å². The van der Waals surface area contributed by atoms with Crippen LogP contribution in [0.2, 0.25) is 0 Å². The summed E-state index contributed by atoms with van der Waals surface area (Å²) < 4.78 is 5.39. The predicted octanol–water partition coefficient (Wildman–Crippen LogP) is 3.61. The zero-order chi connectivity index (χ0) is 23.9. The summed E-state index contributed by atoms with van der Waals surface area (Å²) in [5.41, 5.74) is 5.11. The number of carbonyl (C=O) groups excluding carboxylic acids is 2. The summed E-state index contributed by atoms with van der Waals surface area (Å²) in [5.74, 6) is -0.117. The fourth-order valence-corrected chi connectivity index (χ4v) is 4.39. The van der Waals surface area contributed by atoms with Crippen molar-refractivity contribution in [1.29, 1.82) is 0 Å². The Morgan fingerprint density at radius 2 is 1.56 bits per heavy atom. The molecule has 0 atom stereocenters. The van der Waals surface area contributed by atoms with Gasteiger partial charge in [0.25, 0.3) is 5.91 Å². The number of anilines is 3. The quantitative estimate of drug-likeness (QED) is 0.582. The first-order valence-electron chi connectivity index (χ1n) is 12.1. The van der Waals surface area contributed by atoms with E-state index in [4.69, 9.17) is 4.74 Å². The van der Waals surface area contributed by atoms with E-state index < -0.39 is 0 Å². The Morgan fingerprint density at radius 3 is 2.26 bits per heavy atom. The largest absolute Gasteiger partial charge is 0.379 e. The Kier molecular flexibility index (Phi) is 8.03. The van der Waals surface area contributed by atoms with Crippen LogP contribution in [0.3, 0.4) is 0 Å². The molecule has 0 radical (unpaired) electrons. The molecular formula is C26H35N5O3. The number of carbonyl (C=O) groups is 2. The van der Waals surface area contributed by atoms with E-state index in [1.807, 2.05) is 44.2 Å². The van der Waals surface area contributed by atoms with Crippen LogP contribution in [0, 0.1) is 13.8 Å². The second-order valence-corrected chi connectivity index (χ2v) is 9.01. The standard InChI is InChI=1S/C26H35N5O3/c1-19-5-6-21(17-20(19)2)28-26(33)29-22-7-8-24(31-10-3-4-11-31)23(18-22)25(32)27-9-12-30-13-15-34-16-14-30/h5-8,17-18H,3-4,9-16H2,1-2H3,(H,27,32)(H2,28,29,33). The van der Waals surface area contributed by atoms with E-state index in [9.17, 15) is 9.59 Å². The number of rotatable bonds is 7. The van der Waals surface area contributed by atoms with Crippen molar-refractivity contribution >= 4 is 29.0 Å². The Labute approximate surface area is 201 Å². The van der Waals surface area contributed by atoms with E-state index in [2.05, 4.69) is 25.8 Å². The van der Waals surface area contributed by atoms with Crippen molar-refractivity contribution in [2.45, 2.75) is 26.7 Å². The zero-order valence-electron chi connectivity index (χ0n) is 20.2. The summed E-state index contributed by atoms with van der Waals surface area (Å²) in [6, 6.07) is 11.0. The van der Waals surface area contributed by atoms with Gasteiger partial charge in [-0.15, -0.1) is 0 Å². The van der Waals surface area contributed by atoms with E-state index in [1.165, 1.54) is 5.56 Å². The lowest BCUT2D eigenvalue weighted by Crippen LogP contribution is -2.41. The predicted molar refractivity (Wildman–Crippen MR) is 136 cm³/mol. The third-order valence-corrected chi connectivity index (χ3v) is 6.53. The summed E-state index contributed by atoms with van der Waals surface area (Å²) >= 11 is 0. The van der Waals surface area contributed by atoms with E-state index in [0.717, 1.165) is 75.7 Å². The van der Waals surface area contributed by atoms with Gasteiger partial charge in [0.1, 0.15) is 0 Å². The smallest absolute Gasteiger partial charge is 0.323 e. The topological polar surface area (TPSA) is 85.9 Å². The first-order chi connectivity index (χ1) is 16.5. The number of benzene rings is 2. The minimum atomic E-state index is -0.337. The average Bonchev–Trinajstić information content (AvgIpc) is 3.37. The van der Waals surface area contributed by atoms with Gasteiger partial charge in [-0.05, 0) is 68.1 Å². The van der Waals surface area contributed by atoms with E-state index in [-0.39, 0.29) is 11.9 Å². The lowest BCUT2D eigenvalue weighted by Gasteiger charge is -2.26. The summed E-state index contributed by atoms with van der Waals surface area (Å²) in [5, 5.41) is 8.81. The van der Waals surface area contributed by atoms with E-state index in [1.54, 1.807) is 6.07 Å². The Balaban J connectivity index is 1.43. The Hall–Kier alpha value is -3.10. The highest BCUT2D eigenvalue weighted by Crippen LogP contribution is 2.28. The molecule has 0 unspecified atom stereocenters. The normalized spacial score (nSPS) is 16.4. The van der Waals surface area contributed by atoms with Crippen LogP contribution in [0.5, 0.6) is 0 Å². The van der Waals surface area contributed by atoms with Crippen LogP contribution in [-0.2, 0) is 4.74 Å². The molecule has 2 aliphatic heterocycles. The number of amides is 3. The molecule has 0 aliphatic carbocycles. The molecule has 0 aromatic heterocycles. The molecule has 2 heterocycles. The highest BCUT2D eigenvalue weighted by molar-refractivity contribution is 6.04. The average molecular weight is 466 g/mol. The van der Waals surface area contributed by atoms with Gasteiger partial charge in [0.2, 0.25) is 0 Å². The van der Waals surface area contributed by atoms with Crippen molar-refractivity contribution < 1.29 is 14.3 Å². The Morgan fingerprint density at radius 1 is 0.882 bits per heavy atom. The molecule has 0 spiro atoms. The lowest BCUT2D eigenvalue weighted by molar-refractivity contribution is 0.0383. The maximum absolute atomic E-state index is 13.2. The third-order valence-electron chi connectivity index (χ3n) is 6.53. The number of urea groups is 1. The molecule has 8 nitrogen and oxygen atoms in total. The van der Waals surface area contributed by atoms with E-state index >= 15 is 0 Å². The number of hydrogen-bond donors (Lipinski definition) is 3. The van der Waals surface area contributed by atoms with Gasteiger partial charge in [-0.2, -0.15) is 0 Å². The van der Waals surface area contributed by atoms with Gasteiger partial charge in [-0.3, -0.25) is 9.69 Å². The second kappa shape index (κ2) is 11.4. The van der Waals surface area contributed by atoms with Crippen LogP contribution < -0.4 is 20.9 Å².